The Balaban J connectivity index is 2.00. The van der Waals surface area contributed by atoms with Crippen molar-refractivity contribution >= 4 is 17.2 Å². The van der Waals surface area contributed by atoms with Crippen LogP contribution in [0.25, 0.3) is 10.7 Å². The van der Waals surface area contributed by atoms with E-state index in [2.05, 4.69) is 15.3 Å². The average Bonchev–Trinajstić information content (AvgIpc) is 2.93. The van der Waals surface area contributed by atoms with Gasteiger partial charge < -0.3 is 10.4 Å². The van der Waals surface area contributed by atoms with Crippen LogP contribution in [0.15, 0.2) is 29.8 Å². The fourth-order valence-corrected chi connectivity index (χ4v) is 2.98. The molecule has 6 heteroatoms. The third-order valence-corrected chi connectivity index (χ3v) is 4.29. The highest BCUT2D eigenvalue weighted by Gasteiger charge is 2.26. The number of hydrogen-bond donors (Lipinski definition) is 2. The molecule has 2 aromatic heterocycles. The van der Waals surface area contributed by atoms with Gasteiger partial charge in [0.25, 0.3) is 0 Å². The molecule has 1 amide bonds. The molecule has 1 atom stereocenters. The third kappa shape index (κ3) is 4.35. The van der Waals surface area contributed by atoms with E-state index in [4.69, 9.17) is 0 Å². The van der Waals surface area contributed by atoms with Crippen molar-refractivity contribution < 1.29 is 9.90 Å². The van der Waals surface area contributed by atoms with Gasteiger partial charge >= 0.3 is 0 Å². The van der Waals surface area contributed by atoms with Gasteiger partial charge in [0.15, 0.2) is 0 Å². The molecule has 0 bridgehead atoms. The Kier molecular flexibility index (Phi) is 5.26. The van der Waals surface area contributed by atoms with E-state index in [1.807, 2.05) is 30.5 Å². The fraction of sp³-hybridized carbons (Fsp3) is 0.438. The minimum absolute atomic E-state index is 0.133. The molecule has 0 aliphatic rings. The van der Waals surface area contributed by atoms with Crippen molar-refractivity contribution in [1.82, 2.24) is 15.3 Å². The number of rotatable bonds is 6. The summed E-state index contributed by atoms with van der Waals surface area (Å²) >= 11 is 1.47. The third-order valence-electron chi connectivity index (χ3n) is 3.37. The van der Waals surface area contributed by atoms with Crippen LogP contribution in [0.1, 0.15) is 32.9 Å². The summed E-state index contributed by atoms with van der Waals surface area (Å²) in [4.78, 5) is 20.8. The van der Waals surface area contributed by atoms with Gasteiger partial charge in [0.05, 0.1) is 29.5 Å². The topological polar surface area (TPSA) is 75.1 Å². The first-order valence-corrected chi connectivity index (χ1v) is 8.15. The van der Waals surface area contributed by atoms with Gasteiger partial charge in [-0.1, -0.05) is 13.0 Å². The van der Waals surface area contributed by atoms with Crippen molar-refractivity contribution in [2.75, 3.05) is 0 Å². The SMILES string of the molecule is CCC(NC(=O)Cc1csc(-c2ccccn2)n1)C(C)(C)O. The highest BCUT2D eigenvalue weighted by atomic mass is 32.1. The predicted molar refractivity (Wildman–Crippen MR) is 87.6 cm³/mol. The first-order valence-electron chi connectivity index (χ1n) is 7.27. The molecule has 0 saturated heterocycles. The van der Waals surface area contributed by atoms with Gasteiger partial charge in [0, 0.05) is 11.6 Å². The summed E-state index contributed by atoms with van der Waals surface area (Å²) in [6.07, 6.45) is 2.60. The maximum absolute atomic E-state index is 12.1. The quantitative estimate of drug-likeness (QED) is 0.857. The minimum Gasteiger partial charge on any atom is -0.388 e. The van der Waals surface area contributed by atoms with Gasteiger partial charge in [-0.2, -0.15) is 0 Å². The Morgan fingerprint density at radius 3 is 2.82 bits per heavy atom. The zero-order valence-corrected chi connectivity index (χ0v) is 13.9. The van der Waals surface area contributed by atoms with Crippen LogP contribution >= 0.6 is 11.3 Å². The molecule has 0 fully saturated rings. The molecule has 22 heavy (non-hydrogen) atoms. The molecule has 2 aromatic rings. The van der Waals surface area contributed by atoms with Crippen LogP contribution in [-0.2, 0) is 11.2 Å². The standard InChI is InChI=1S/C16H21N3O2S/c1-4-13(16(2,3)21)19-14(20)9-11-10-22-15(18-11)12-7-5-6-8-17-12/h5-8,10,13,21H,4,9H2,1-3H3,(H,19,20). The van der Waals surface area contributed by atoms with E-state index in [0.717, 1.165) is 10.7 Å². The number of carbonyl (C=O) groups excluding carboxylic acids is 1. The molecule has 0 aromatic carbocycles. The van der Waals surface area contributed by atoms with Gasteiger partial charge in [-0.25, -0.2) is 4.98 Å². The number of aromatic nitrogens is 2. The lowest BCUT2D eigenvalue weighted by Gasteiger charge is -2.29. The summed E-state index contributed by atoms with van der Waals surface area (Å²) in [6, 6.07) is 5.39. The number of amides is 1. The summed E-state index contributed by atoms with van der Waals surface area (Å²) in [5.41, 5.74) is 0.585. The molecule has 118 valence electrons. The number of hydrogen-bond acceptors (Lipinski definition) is 5. The van der Waals surface area contributed by atoms with E-state index < -0.39 is 5.60 Å². The Bertz CT molecular complexity index is 620. The number of nitrogens with zero attached hydrogens (tertiary/aromatic N) is 2. The van der Waals surface area contributed by atoms with Crippen LogP contribution in [0, 0.1) is 0 Å². The Hall–Kier alpha value is -1.79. The van der Waals surface area contributed by atoms with E-state index in [0.29, 0.717) is 12.1 Å². The number of carbonyl (C=O) groups is 1. The number of pyridine rings is 1. The lowest BCUT2D eigenvalue weighted by atomic mass is 9.96. The largest absolute Gasteiger partial charge is 0.388 e. The maximum atomic E-state index is 12.1. The molecular weight excluding hydrogens is 298 g/mol. The van der Waals surface area contributed by atoms with Crippen LogP contribution in [0.2, 0.25) is 0 Å². The molecule has 2 heterocycles. The van der Waals surface area contributed by atoms with Gasteiger partial charge in [0.1, 0.15) is 5.01 Å². The predicted octanol–water partition coefficient (Wildman–Crippen LogP) is 2.41. The van der Waals surface area contributed by atoms with Crippen molar-refractivity contribution in [3.8, 4) is 10.7 Å². The average molecular weight is 319 g/mol. The highest BCUT2D eigenvalue weighted by Crippen LogP contribution is 2.21. The molecule has 5 nitrogen and oxygen atoms in total. The van der Waals surface area contributed by atoms with Crippen LogP contribution in [0.5, 0.6) is 0 Å². The summed E-state index contributed by atoms with van der Waals surface area (Å²) < 4.78 is 0. The Labute approximate surface area is 134 Å². The molecule has 0 aliphatic carbocycles. The molecule has 2 rings (SSSR count). The van der Waals surface area contributed by atoms with Gasteiger partial charge in [-0.05, 0) is 32.4 Å². The van der Waals surface area contributed by atoms with E-state index >= 15 is 0 Å². The molecule has 0 spiro atoms. The summed E-state index contributed by atoms with van der Waals surface area (Å²) in [5.74, 6) is -0.133. The normalized spacial score (nSPS) is 12.9. The Morgan fingerprint density at radius 2 is 2.23 bits per heavy atom. The molecule has 2 N–H and O–H groups in total. The van der Waals surface area contributed by atoms with Gasteiger partial charge in [0.2, 0.25) is 5.91 Å². The lowest BCUT2D eigenvalue weighted by Crippen LogP contribution is -2.49. The van der Waals surface area contributed by atoms with Crippen LogP contribution in [-0.4, -0.2) is 32.6 Å². The molecule has 0 saturated carbocycles. The molecular formula is C16H21N3O2S. The van der Waals surface area contributed by atoms with Crippen molar-refractivity contribution in [2.45, 2.75) is 45.3 Å². The highest BCUT2D eigenvalue weighted by molar-refractivity contribution is 7.13. The number of aliphatic hydroxyl groups is 1. The van der Waals surface area contributed by atoms with Crippen LogP contribution in [0.3, 0.4) is 0 Å². The van der Waals surface area contributed by atoms with Gasteiger partial charge in [-0.3, -0.25) is 9.78 Å². The van der Waals surface area contributed by atoms with Gasteiger partial charge in [-0.15, -0.1) is 11.3 Å². The van der Waals surface area contributed by atoms with Crippen molar-refractivity contribution in [3.63, 3.8) is 0 Å². The first kappa shape index (κ1) is 16.6. The van der Waals surface area contributed by atoms with E-state index in [1.165, 1.54) is 11.3 Å². The molecule has 0 radical (unpaired) electrons. The number of thiazole rings is 1. The van der Waals surface area contributed by atoms with Crippen molar-refractivity contribution in [3.05, 3.63) is 35.5 Å². The fourth-order valence-electron chi connectivity index (χ4n) is 2.18. The number of nitrogens with one attached hydrogen (secondary N) is 1. The first-order chi connectivity index (χ1) is 10.4. The minimum atomic E-state index is -0.939. The maximum Gasteiger partial charge on any atom is 0.226 e. The summed E-state index contributed by atoms with van der Waals surface area (Å²) in [6.45, 7) is 5.33. The molecule has 0 aliphatic heterocycles. The molecule has 1 unspecified atom stereocenters. The van der Waals surface area contributed by atoms with Crippen molar-refractivity contribution in [1.29, 1.82) is 0 Å². The zero-order valence-electron chi connectivity index (χ0n) is 13.0. The second kappa shape index (κ2) is 6.98. The van der Waals surface area contributed by atoms with E-state index in [9.17, 15) is 9.90 Å². The second-order valence-corrected chi connectivity index (χ2v) is 6.58. The van der Waals surface area contributed by atoms with Crippen LogP contribution < -0.4 is 5.32 Å². The summed E-state index contributed by atoms with van der Waals surface area (Å²) in [5, 5.41) is 15.5. The van der Waals surface area contributed by atoms with Crippen LogP contribution in [0.4, 0.5) is 0 Å². The lowest BCUT2D eigenvalue weighted by molar-refractivity contribution is -0.123. The van der Waals surface area contributed by atoms with E-state index in [-0.39, 0.29) is 18.4 Å². The monoisotopic (exact) mass is 319 g/mol. The zero-order chi connectivity index (χ0) is 16.2. The smallest absolute Gasteiger partial charge is 0.226 e. The Morgan fingerprint density at radius 1 is 1.45 bits per heavy atom. The van der Waals surface area contributed by atoms with E-state index in [1.54, 1.807) is 20.0 Å². The second-order valence-electron chi connectivity index (χ2n) is 5.72. The van der Waals surface area contributed by atoms with Crippen molar-refractivity contribution in [2.24, 2.45) is 0 Å². The summed E-state index contributed by atoms with van der Waals surface area (Å²) in [7, 11) is 0.